The molecule has 8 heteroatoms. The number of rotatable bonds is 6. The first kappa shape index (κ1) is 20.5. The van der Waals surface area contributed by atoms with Crippen LogP contribution in [0.3, 0.4) is 0 Å². The Hall–Kier alpha value is -2.19. The first-order valence-electron chi connectivity index (χ1n) is 9.65. The Morgan fingerprint density at radius 2 is 1.89 bits per heavy atom. The predicted octanol–water partition coefficient (Wildman–Crippen LogP) is 2.93. The summed E-state index contributed by atoms with van der Waals surface area (Å²) in [5.41, 5.74) is 3.23. The normalized spacial score (nSPS) is 20.1. The van der Waals surface area contributed by atoms with Gasteiger partial charge in [0.1, 0.15) is 5.75 Å². The molecule has 1 aliphatic carbocycles. The first-order chi connectivity index (χ1) is 13.2. The zero-order valence-corrected chi connectivity index (χ0v) is 17.4. The van der Waals surface area contributed by atoms with Gasteiger partial charge in [-0.3, -0.25) is 4.79 Å². The van der Waals surface area contributed by atoms with Crippen LogP contribution in [0.25, 0.3) is 5.69 Å². The second-order valence-electron chi connectivity index (χ2n) is 7.77. The minimum absolute atomic E-state index is 0.0663. The molecule has 0 saturated heterocycles. The van der Waals surface area contributed by atoms with Gasteiger partial charge in [-0.1, -0.05) is 13.0 Å². The summed E-state index contributed by atoms with van der Waals surface area (Å²) in [5.74, 6) is -0.496. The molecule has 1 fully saturated rings. The molecule has 1 aliphatic rings. The van der Waals surface area contributed by atoms with Crippen LogP contribution in [-0.2, 0) is 14.8 Å². The van der Waals surface area contributed by atoms with Gasteiger partial charge in [0, 0.05) is 17.4 Å². The number of sulfonamides is 1. The topological polar surface area (TPSA) is 93.1 Å². The smallest absolute Gasteiger partial charge is 0.240 e. The lowest BCUT2D eigenvalue weighted by Crippen LogP contribution is -2.41. The fourth-order valence-corrected chi connectivity index (χ4v) is 4.89. The molecule has 0 atom stereocenters. The van der Waals surface area contributed by atoms with Gasteiger partial charge < -0.3 is 5.32 Å². The maximum Gasteiger partial charge on any atom is 0.240 e. The van der Waals surface area contributed by atoms with E-state index in [0.29, 0.717) is 11.6 Å². The second-order valence-corrected chi connectivity index (χ2v) is 9.53. The van der Waals surface area contributed by atoms with E-state index in [4.69, 9.17) is 0 Å². The van der Waals surface area contributed by atoms with E-state index in [-0.39, 0.29) is 6.04 Å². The van der Waals surface area contributed by atoms with Crippen LogP contribution in [0.4, 0.5) is 5.69 Å². The molecule has 1 aromatic heterocycles. The zero-order chi connectivity index (χ0) is 20.3. The van der Waals surface area contributed by atoms with E-state index >= 15 is 0 Å². The number of nitrogens with one attached hydrogen (secondary N) is 2. The largest absolute Gasteiger partial charge is 0.325 e. The maximum atomic E-state index is 12.3. The number of aryl methyl sites for hydroxylation is 2. The van der Waals surface area contributed by atoms with Crippen molar-refractivity contribution >= 4 is 21.6 Å². The van der Waals surface area contributed by atoms with Crippen LogP contribution >= 0.6 is 0 Å². The molecule has 0 unspecified atom stereocenters. The highest BCUT2D eigenvalue weighted by Crippen LogP contribution is 2.24. The molecule has 2 N–H and O–H groups in total. The predicted molar refractivity (Wildman–Crippen MR) is 110 cm³/mol. The molecule has 1 heterocycles. The molecule has 1 amide bonds. The standard InChI is InChI=1S/C20H28N4O3S/c1-14-7-9-17(10-8-14)23-28(26,27)13-20(25)21-18-5-4-6-19(12-18)24-16(3)11-15(2)22-24/h4-6,11-12,14,17,23H,7-10,13H2,1-3H3,(H,21,25). The lowest BCUT2D eigenvalue weighted by atomic mass is 9.88. The summed E-state index contributed by atoms with van der Waals surface area (Å²) in [7, 11) is -3.66. The monoisotopic (exact) mass is 404 g/mol. The SMILES string of the molecule is Cc1cc(C)n(-c2cccc(NC(=O)CS(=O)(=O)NC3CCC(C)CC3)c2)n1. The van der Waals surface area contributed by atoms with Gasteiger partial charge >= 0.3 is 0 Å². The molecule has 152 valence electrons. The third-order valence-corrected chi connectivity index (χ3v) is 6.40. The summed E-state index contributed by atoms with van der Waals surface area (Å²) in [6.07, 6.45) is 3.68. The van der Waals surface area contributed by atoms with Crippen molar-refractivity contribution in [3.8, 4) is 5.69 Å². The molecule has 28 heavy (non-hydrogen) atoms. The molecule has 0 spiro atoms. The molecular weight excluding hydrogens is 376 g/mol. The number of carbonyl (C=O) groups is 1. The van der Waals surface area contributed by atoms with Crippen molar-refractivity contribution in [3.05, 3.63) is 41.7 Å². The number of hydrogen-bond acceptors (Lipinski definition) is 4. The summed E-state index contributed by atoms with van der Waals surface area (Å²) in [6, 6.07) is 9.10. The van der Waals surface area contributed by atoms with Crippen molar-refractivity contribution in [3.63, 3.8) is 0 Å². The second kappa shape index (κ2) is 8.45. The number of aromatic nitrogens is 2. The third kappa shape index (κ3) is 5.42. The third-order valence-electron chi connectivity index (χ3n) is 5.07. The Kier molecular flexibility index (Phi) is 6.20. The summed E-state index contributed by atoms with van der Waals surface area (Å²) >= 11 is 0. The van der Waals surface area contributed by atoms with E-state index in [2.05, 4.69) is 22.1 Å². The quantitative estimate of drug-likeness (QED) is 0.774. The molecule has 1 saturated carbocycles. The van der Waals surface area contributed by atoms with Gasteiger partial charge in [-0.25, -0.2) is 17.8 Å². The van der Waals surface area contributed by atoms with Crippen molar-refractivity contribution in [2.24, 2.45) is 5.92 Å². The Balaban J connectivity index is 1.61. The van der Waals surface area contributed by atoms with Gasteiger partial charge in [0.2, 0.25) is 15.9 Å². The van der Waals surface area contributed by atoms with E-state index in [1.165, 1.54) is 0 Å². The molecule has 0 radical (unpaired) electrons. The number of carbonyl (C=O) groups excluding carboxylic acids is 1. The van der Waals surface area contributed by atoms with Crippen molar-refractivity contribution in [1.82, 2.24) is 14.5 Å². The molecule has 2 aromatic rings. The fourth-order valence-electron chi connectivity index (χ4n) is 3.65. The van der Waals surface area contributed by atoms with E-state index < -0.39 is 21.7 Å². The molecular formula is C20H28N4O3S. The van der Waals surface area contributed by atoms with Crippen LogP contribution < -0.4 is 10.0 Å². The first-order valence-corrected chi connectivity index (χ1v) is 11.3. The highest BCUT2D eigenvalue weighted by atomic mass is 32.2. The van der Waals surface area contributed by atoms with Crippen LogP contribution in [0.2, 0.25) is 0 Å². The van der Waals surface area contributed by atoms with Crippen LogP contribution in [0.15, 0.2) is 30.3 Å². The highest BCUT2D eigenvalue weighted by Gasteiger charge is 2.24. The molecule has 3 rings (SSSR count). The Bertz CT molecular complexity index is 944. The molecule has 1 aromatic carbocycles. The van der Waals surface area contributed by atoms with Crippen LogP contribution in [0.1, 0.15) is 44.0 Å². The van der Waals surface area contributed by atoms with Crippen LogP contribution in [-0.4, -0.2) is 35.9 Å². The van der Waals surface area contributed by atoms with Crippen molar-refractivity contribution in [1.29, 1.82) is 0 Å². The van der Waals surface area contributed by atoms with E-state index in [1.54, 1.807) is 22.9 Å². The number of nitrogens with zero attached hydrogens (tertiary/aromatic N) is 2. The van der Waals surface area contributed by atoms with Gasteiger partial charge in [-0.15, -0.1) is 0 Å². The number of anilines is 1. The van der Waals surface area contributed by atoms with Gasteiger partial charge in [0.25, 0.3) is 0 Å². The summed E-state index contributed by atoms with van der Waals surface area (Å²) < 4.78 is 29.1. The molecule has 0 aliphatic heterocycles. The minimum Gasteiger partial charge on any atom is -0.325 e. The van der Waals surface area contributed by atoms with Gasteiger partial charge in [-0.05, 0) is 69.7 Å². The number of hydrogen-bond donors (Lipinski definition) is 2. The van der Waals surface area contributed by atoms with E-state index in [9.17, 15) is 13.2 Å². The average Bonchev–Trinajstić information content (AvgIpc) is 2.94. The summed E-state index contributed by atoms with van der Waals surface area (Å²) in [4.78, 5) is 12.3. The lowest BCUT2D eigenvalue weighted by Gasteiger charge is -2.26. The highest BCUT2D eigenvalue weighted by molar-refractivity contribution is 7.90. The number of benzene rings is 1. The molecule has 7 nitrogen and oxygen atoms in total. The lowest BCUT2D eigenvalue weighted by molar-refractivity contribution is -0.113. The van der Waals surface area contributed by atoms with Gasteiger partial charge in [-0.2, -0.15) is 5.10 Å². The number of amides is 1. The van der Waals surface area contributed by atoms with Crippen molar-refractivity contribution < 1.29 is 13.2 Å². The zero-order valence-electron chi connectivity index (χ0n) is 16.6. The fraction of sp³-hybridized carbons (Fsp3) is 0.500. The van der Waals surface area contributed by atoms with Crippen molar-refractivity contribution in [2.45, 2.75) is 52.5 Å². The summed E-state index contributed by atoms with van der Waals surface area (Å²) in [5, 5.41) is 7.11. The minimum atomic E-state index is -3.66. The van der Waals surface area contributed by atoms with Crippen LogP contribution in [0, 0.1) is 19.8 Å². The van der Waals surface area contributed by atoms with Crippen LogP contribution in [0.5, 0.6) is 0 Å². The molecule has 0 bridgehead atoms. The Morgan fingerprint density at radius 1 is 1.18 bits per heavy atom. The Morgan fingerprint density at radius 3 is 2.54 bits per heavy atom. The van der Waals surface area contributed by atoms with Gasteiger partial charge in [0.15, 0.2) is 0 Å². The Labute approximate surface area is 166 Å². The van der Waals surface area contributed by atoms with Gasteiger partial charge in [0.05, 0.1) is 11.4 Å². The average molecular weight is 405 g/mol. The van der Waals surface area contributed by atoms with E-state index in [0.717, 1.165) is 42.8 Å². The van der Waals surface area contributed by atoms with E-state index in [1.807, 2.05) is 26.0 Å². The maximum absolute atomic E-state index is 12.3. The van der Waals surface area contributed by atoms with Crippen molar-refractivity contribution in [2.75, 3.05) is 11.1 Å². The summed E-state index contributed by atoms with van der Waals surface area (Å²) in [6.45, 7) is 6.05.